The Morgan fingerprint density at radius 2 is 1.87 bits per heavy atom. The Kier molecular flexibility index (Phi) is 13.1. The van der Waals surface area contributed by atoms with Crippen LogP contribution in [0.5, 0.6) is 5.75 Å². The number of nitrogens with one attached hydrogen (secondary N) is 3. The molecule has 1 aliphatic rings. The zero-order valence-electron chi connectivity index (χ0n) is 28.8. The highest BCUT2D eigenvalue weighted by Crippen LogP contribution is 2.47. The van der Waals surface area contributed by atoms with Gasteiger partial charge in [0, 0.05) is 30.6 Å². The Morgan fingerprint density at radius 1 is 1.15 bits per heavy atom. The number of hydrogen-bond donors (Lipinski definition) is 4. The number of aliphatic hydroxyl groups excluding tert-OH is 1. The first-order valence-corrected chi connectivity index (χ1v) is 17.4. The van der Waals surface area contributed by atoms with Crippen molar-refractivity contribution in [2.75, 3.05) is 13.7 Å². The van der Waals surface area contributed by atoms with Crippen molar-refractivity contribution in [3.05, 3.63) is 81.7 Å². The molecule has 21 heteroatoms. The van der Waals surface area contributed by atoms with Gasteiger partial charge in [0.1, 0.15) is 30.0 Å². The fourth-order valence-electron chi connectivity index (χ4n) is 4.92. The van der Waals surface area contributed by atoms with Gasteiger partial charge in [-0.15, -0.1) is 0 Å². The number of methoxy groups -OCH3 is 1. The van der Waals surface area contributed by atoms with Crippen LogP contribution >= 0.6 is 7.75 Å². The predicted octanol–water partition coefficient (Wildman–Crippen LogP) is 1.32. The number of esters is 2. The molecule has 0 saturated carbocycles. The molecule has 19 nitrogen and oxygen atoms in total. The number of carbonyl (C=O) groups is 3. The molecule has 3 heterocycles. The summed E-state index contributed by atoms with van der Waals surface area (Å²) in [4.78, 5) is 70.0. The molecular weight excluding hydrogens is 714 g/mol. The van der Waals surface area contributed by atoms with Gasteiger partial charge >= 0.3 is 31.5 Å². The summed E-state index contributed by atoms with van der Waals surface area (Å²) in [7, 11) is -3.37. The Balaban J connectivity index is 1.51. The standard InChI is InChI=1S/C31H40FN6O13P/c1-18(2)49-26(41)19(3)36-52(45,51-21-9-7-6-8-10-21)48-15-23-25(40)31(4,32)28(50-23)37-12-11-24(39)38(30(37)44)17-47-27(42)22(35-29(43)46-5)13-20-14-33-16-34-20/h6-12,14,16,18-19,22-23,25,28,40H,13,15,17H2,1-5H3,(H,33,34)(H,35,43)(H,36,45)/t19-,22-,23+,25+,28+,31+,52?/m0/s1. The second-order valence-electron chi connectivity index (χ2n) is 12.0. The second kappa shape index (κ2) is 17.1. The van der Waals surface area contributed by atoms with Gasteiger partial charge in [-0.1, -0.05) is 18.2 Å². The number of hydrogen-bond acceptors (Lipinski definition) is 14. The number of alkyl halides is 1. The van der Waals surface area contributed by atoms with Crippen molar-refractivity contribution >= 4 is 25.8 Å². The van der Waals surface area contributed by atoms with Crippen molar-refractivity contribution in [3.8, 4) is 5.75 Å². The molecule has 2 aromatic heterocycles. The van der Waals surface area contributed by atoms with Crippen molar-refractivity contribution in [2.45, 2.75) is 83.1 Å². The molecule has 1 amide bonds. The number of aromatic nitrogens is 4. The topological polar surface area (TPSA) is 241 Å². The van der Waals surface area contributed by atoms with E-state index in [1.54, 1.807) is 32.0 Å². The second-order valence-corrected chi connectivity index (χ2v) is 13.7. The van der Waals surface area contributed by atoms with Gasteiger partial charge in [0.15, 0.2) is 18.6 Å². The summed E-state index contributed by atoms with van der Waals surface area (Å²) in [5, 5.41) is 15.7. The first-order valence-electron chi connectivity index (χ1n) is 15.8. The number of aliphatic hydroxyl groups is 1. The van der Waals surface area contributed by atoms with Crippen molar-refractivity contribution < 1.29 is 56.4 Å². The SMILES string of the molecule is COC(=O)N[C@@H](Cc1cnc[nH]1)C(=O)OCn1c(=O)ccn([C@@H]2O[C@H](COP(=O)(N[C@@H](C)C(=O)OC(C)C)Oc3ccccc3)[C@@H](O)[C@@]2(C)F)c1=O. The molecule has 1 unspecified atom stereocenters. The van der Waals surface area contributed by atoms with E-state index in [4.69, 9.17) is 23.3 Å². The van der Waals surface area contributed by atoms with Gasteiger partial charge in [-0.25, -0.2) is 32.9 Å². The minimum atomic E-state index is -4.45. The summed E-state index contributed by atoms with van der Waals surface area (Å²) in [6, 6.07) is 6.16. The molecule has 4 N–H and O–H groups in total. The number of H-pyrrole nitrogens is 1. The first-order chi connectivity index (χ1) is 24.5. The molecule has 0 aliphatic carbocycles. The lowest BCUT2D eigenvalue weighted by molar-refractivity contribution is -0.150. The maximum atomic E-state index is 16.2. The van der Waals surface area contributed by atoms with Crippen molar-refractivity contribution in [2.24, 2.45) is 0 Å². The van der Waals surface area contributed by atoms with Crippen LogP contribution in [0.3, 0.4) is 0 Å². The van der Waals surface area contributed by atoms with E-state index in [0.29, 0.717) is 14.8 Å². The van der Waals surface area contributed by atoms with Gasteiger partial charge < -0.3 is 38.9 Å². The summed E-state index contributed by atoms with van der Waals surface area (Å²) in [5.41, 5.74) is -4.39. The molecule has 52 heavy (non-hydrogen) atoms. The summed E-state index contributed by atoms with van der Waals surface area (Å²) in [5.74, 6) is -1.73. The molecule has 4 rings (SSSR count). The lowest BCUT2D eigenvalue weighted by atomic mass is 9.98. The van der Waals surface area contributed by atoms with Crippen LogP contribution in [0.4, 0.5) is 9.18 Å². The molecule has 1 aromatic carbocycles. The maximum absolute atomic E-state index is 16.2. The lowest BCUT2D eigenvalue weighted by Gasteiger charge is -2.26. The molecule has 0 radical (unpaired) electrons. The average Bonchev–Trinajstić information content (AvgIpc) is 3.68. The largest absolute Gasteiger partial charge is 0.462 e. The highest BCUT2D eigenvalue weighted by Gasteiger charge is 2.56. The highest BCUT2D eigenvalue weighted by molar-refractivity contribution is 7.52. The number of rotatable bonds is 16. The van der Waals surface area contributed by atoms with Crippen LogP contribution in [-0.4, -0.2) is 92.0 Å². The van der Waals surface area contributed by atoms with Gasteiger partial charge in [-0.3, -0.25) is 18.7 Å². The number of amides is 1. The highest BCUT2D eigenvalue weighted by atomic mass is 31.2. The van der Waals surface area contributed by atoms with E-state index >= 15 is 4.39 Å². The summed E-state index contributed by atoms with van der Waals surface area (Å²) in [6.07, 6.45) is -3.30. The summed E-state index contributed by atoms with van der Waals surface area (Å²) < 4.78 is 62.8. The molecule has 3 aromatic rings. The number of ether oxygens (including phenoxy) is 4. The molecule has 1 saturated heterocycles. The number of imidazole rings is 1. The minimum absolute atomic E-state index is 0.0899. The van der Waals surface area contributed by atoms with Gasteiger partial charge in [-0.05, 0) is 39.8 Å². The van der Waals surface area contributed by atoms with Crippen LogP contribution in [0.15, 0.2) is 64.7 Å². The van der Waals surface area contributed by atoms with Gasteiger partial charge in [0.2, 0.25) is 0 Å². The monoisotopic (exact) mass is 754 g/mol. The van der Waals surface area contributed by atoms with Crippen LogP contribution in [-0.2, 0) is 50.8 Å². The van der Waals surface area contributed by atoms with E-state index in [2.05, 4.69) is 25.1 Å². The Hall–Kier alpha value is -4.88. The van der Waals surface area contributed by atoms with Gasteiger partial charge in [0.05, 0.1) is 26.1 Å². The number of para-hydroxylation sites is 1. The molecule has 0 spiro atoms. The zero-order chi connectivity index (χ0) is 38.2. The van der Waals surface area contributed by atoms with Crippen LogP contribution in [0, 0.1) is 0 Å². The van der Waals surface area contributed by atoms with E-state index in [1.165, 1.54) is 31.6 Å². The maximum Gasteiger partial charge on any atom is 0.459 e. The Labute approximate surface area is 295 Å². The predicted molar refractivity (Wildman–Crippen MR) is 177 cm³/mol. The third kappa shape index (κ3) is 9.91. The van der Waals surface area contributed by atoms with Crippen molar-refractivity contribution in [1.82, 2.24) is 29.5 Å². The number of carbonyl (C=O) groups excluding carboxylic acids is 3. The van der Waals surface area contributed by atoms with E-state index in [1.807, 2.05) is 0 Å². The fraction of sp³-hybridized carbons (Fsp3) is 0.484. The quantitative estimate of drug-likeness (QED) is 0.0916. The zero-order valence-corrected chi connectivity index (χ0v) is 29.7. The first kappa shape index (κ1) is 39.9. The number of benzene rings is 1. The smallest absolute Gasteiger partial charge is 0.459 e. The molecule has 7 atom stereocenters. The van der Waals surface area contributed by atoms with Crippen molar-refractivity contribution in [1.29, 1.82) is 0 Å². The normalized spacial score (nSPS) is 22.2. The van der Waals surface area contributed by atoms with Gasteiger partial charge in [0.25, 0.3) is 5.56 Å². The minimum Gasteiger partial charge on any atom is -0.462 e. The third-order valence-corrected chi connectivity index (χ3v) is 9.22. The number of alkyl carbamates (subject to hydrolysis) is 1. The van der Waals surface area contributed by atoms with Crippen molar-refractivity contribution in [3.63, 3.8) is 0 Å². The molecule has 284 valence electrons. The summed E-state index contributed by atoms with van der Waals surface area (Å²) >= 11 is 0. The van der Waals surface area contributed by atoms with E-state index < -0.39 is 92.7 Å². The van der Waals surface area contributed by atoms with Crippen LogP contribution < -0.4 is 26.2 Å². The lowest BCUT2D eigenvalue weighted by Crippen LogP contribution is -2.48. The van der Waals surface area contributed by atoms with E-state index in [9.17, 15) is 33.6 Å². The molecule has 0 bridgehead atoms. The number of aromatic amines is 1. The van der Waals surface area contributed by atoms with E-state index in [0.717, 1.165) is 26.3 Å². The summed E-state index contributed by atoms with van der Waals surface area (Å²) in [6.45, 7) is 3.83. The molecule has 1 fully saturated rings. The van der Waals surface area contributed by atoms with E-state index in [-0.39, 0.29) is 12.2 Å². The third-order valence-electron chi connectivity index (χ3n) is 7.58. The van der Waals surface area contributed by atoms with Crippen LogP contribution in [0.25, 0.3) is 0 Å². The number of nitrogens with zero attached hydrogens (tertiary/aromatic N) is 3. The van der Waals surface area contributed by atoms with Crippen LogP contribution in [0.1, 0.15) is 39.6 Å². The Bertz CT molecular complexity index is 1850. The fourth-order valence-corrected chi connectivity index (χ4v) is 6.43. The Morgan fingerprint density at radius 3 is 2.50 bits per heavy atom. The van der Waals surface area contributed by atoms with Crippen LogP contribution in [0.2, 0.25) is 0 Å². The van der Waals surface area contributed by atoms with Gasteiger partial charge in [-0.2, -0.15) is 5.09 Å². The average molecular weight is 755 g/mol. The number of halogens is 1. The molecule has 1 aliphatic heterocycles. The molecular formula is C31H40FN6O13P.